The lowest BCUT2D eigenvalue weighted by Crippen LogP contribution is -2.11. The number of pyridine rings is 1. The van der Waals surface area contributed by atoms with Crippen LogP contribution in [-0.2, 0) is 0 Å². The molecule has 25 heavy (non-hydrogen) atoms. The molecule has 2 heterocycles. The largest absolute Gasteiger partial charge is 0.348 e. The van der Waals surface area contributed by atoms with Gasteiger partial charge >= 0.3 is 0 Å². The van der Waals surface area contributed by atoms with Crippen LogP contribution in [0.25, 0.3) is 0 Å². The van der Waals surface area contributed by atoms with Crippen LogP contribution in [0.3, 0.4) is 0 Å². The molecule has 3 aromatic rings. The molecular formula is C19H15N5O. The number of carbonyl (C=O) groups is 1. The molecule has 0 aliphatic heterocycles. The fourth-order valence-electron chi connectivity index (χ4n) is 2.33. The maximum absolute atomic E-state index is 12.5. The minimum atomic E-state index is -0.219. The van der Waals surface area contributed by atoms with Gasteiger partial charge in [0.2, 0.25) is 5.95 Å². The maximum atomic E-state index is 12.5. The van der Waals surface area contributed by atoms with Crippen molar-refractivity contribution < 1.29 is 4.79 Å². The van der Waals surface area contributed by atoms with Crippen molar-refractivity contribution in [2.45, 2.75) is 13.0 Å². The van der Waals surface area contributed by atoms with Gasteiger partial charge in [-0.3, -0.25) is 9.78 Å². The quantitative estimate of drug-likeness (QED) is 0.723. The van der Waals surface area contributed by atoms with Crippen LogP contribution in [0, 0.1) is 11.3 Å². The predicted octanol–water partition coefficient (Wildman–Crippen LogP) is 3.15. The molecule has 0 aliphatic carbocycles. The molecule has 3 rings (SSSR count). The number of rotatable bonds is 5. The summed E-state index contributed by atoms with van der Waals surface area (Å²) in [5.41, 5.74) is 2.26. The van der Waals surface area contributed by atoms with Gasteiger partial charge in [-0.05, 0) is 30.7 Å². The number of benzene rings is 1. The van der Waals surface area contributed by atoms with E-state index in [0.717, 1.165) is 5.56 Å². The number of nitrogens with zero attached hydrogens (tertiary/aromatic N) is 4. The highest BCUT2D eigenvalue weighted by atomic mass is 16.1. The van der Waals surface area contributed by atoms with Gasteiger partial charge in [-0.1, -0.05) is 18.2 Å². The summed E-state index contributed by atoms with van der Waals surface area (Å²) in [5.74, 6) is 0.211. The van der Waals surface area contributed by atoms with Gasteiger partial charge in [0.05, 0.1) is 23.2 Å². The molecule has 1 atom stereocenters. The minimum Gasteiger partial charge on any atom is -0.348 e. The van der Waals surface area contributed by atoms with Crippen molar-refractivity contribution in [2.24, 2.45) is 0 Å². The number of aromatic nitrogens is 3. The Morgan fingerprint density at radius 2 is 1.92 bits per heavy atom. The zero-order chi connectivity index (χ0) is 17.6. The highest BCUT2D eigenvalue weighted by Crippen LogP contribution is 2.16. The summed E-state index contributed by atoms with van der Waals surface area (Å²) in [6, 6.07) is 12.4. The van der Waals surface area contributed by atoms with E-state index in [2.05, 4.69) is 20.3 Å². The van der Waals surface area contributed by atoms with Crippen molar-refractivity contribution in [3.05, 3.63) is 83.4 Å². The summed E-state index contributed by atoms with van der Waals surface area (Å²) >= 11 is 0. The normalized spacial score (nSPS) is 11.4. The van der Waals surface area contributed by atoms with Crippen molar-refractivity contribution in [1.29, 1.82) is 5.26 Å². The molecule has 1 unspecified atom stereocenters. The van der Waals surface area contributed by atoms with E-state index in [4.69, 9.17) is 5.26 Å². The molecule has 1 N–H and O–H groups in total. The second-order valence-electron chi connectivity index (χ2n) is 5.47. The molecule has 2 aromatic heterocycles. The van der Waals surface area contributed by atoms with Crippen molar-refractivity contribution in [2.75, 3.05) is 5.32 Å². The predicted molar refractivity (Wildman–Crippen MR) is 92.9 cm³/mol. The van der Waals surface area contributed by atoms with E-state index in [1.165, 1.54) is 12.4 Å². The molecule has 0 fully saturated rings. The topological polar surface area (TPSA) is 91.6 Å². The highest BCUT2D eigenvalue weighted by molar-refractivity contribution is 6.08. The summed E-state index contributed by atoms with van der Waals surface area (Å²) in [7, 11) is 0. The molecule has 0 saturated heterocycles. The second kappa shape index (κ2) is 7.32. The van der Waals surface area contributed by atoms with Gasteiger partial charge in [0.1, 0.15) is 0 Å². The third-order valence-corrected chi connectivity index (χ3v) is 3.70. The molecule has 0 bridgehead atoms. The third-order valence-electron chi connectivity index (χ3n) is 3.70. The molecule has 0 radical (unpaired) electrons. The molecular weight excluding hydrogens is 314 g/mol. The van der Waals surface area contributed by atoms with E-state index in [-0.39, 0.29) is 11.8 Å². The van der Waals surface area contributed by atoms with Crippen LogP contribution < -0.4 is 5.32 Å². The van der Waals surface area contributed by atoms with Crippen LogP contribution >= 0.6 is 0 Å². The maximum Gasteiger partial charge on any atom is 0.223 e. The first-order chi connectivity index (χ1) is 12.2. The Morgan fingerprint density at radius 1 is 1.12 bits per heavy atom. The Balaban J connectivity index is 1.73. The minimum absolute atomic E-state index is 0.0115. The number of hydrogen-bond acceptors (Lipinski definition) is 6. The number of ketones is 1. The first kappa shape index (κ1) is 16.3. The number of nitriles is 1. The fraction of sp³-hybridized carbons (Fsp3) is 0.105. The van der Waals surface area contributed by atoms with Crippen molar-refractivity contribution in [1.82, 2.24) is 15.0 Å². The molecule has 0 amide bonds. The lowest BCUT2D eigenvalue weighted by molar-refractivity contribution is 0.103. The van der Waals surface area contributed by atoms with Crippen molar-refractivity contribution in [3.8, 4) is 6.07 Å². The van der Waals surface area contributed by atoms with Gasteiger partial charge in [-0.2, -0.15) is 5.26 Å². The Bertz CT molecular complexity index is 917. The van der Waals surface area contributed by atoms with E-state index in [9.17, 15) is 4.79 Å². The lowest BCUT2D eigenvalue weighted by Gasteiger charge is -2.13. The Morgan fingerprint density at radius 3 is 2.60 bits per heavy atom. The zero-order valence-electron chi connectivity index (χ0n) is 13.5. The van der Waals surface area contributed by atoms with Gasteiger partial charge < -0.3 is 5.32 Å². The van der Waals surface area contributed by atoms with Crippen LogP contribution in [-0.4, -0.2) is 20.7 Å². The standard InChI is InChI=1S/C19H15N5O/c1-13(16-6-3-7-21-10-16)24-19-22-11-17(12-23-19)18(25)15-5-2-4-14(8-15)9-20/h2-8,10-13H,1H3,(H,22,23,24). The second-order valence-corrected chi connectivity index (χ2v) is 5.47. The molecule has 0 spiro atoms. The summed E-state index contributed by atoms with van der Waals surface area (Å²) < 4.78 is 0. The van der Waals surface area contributed by atoms with E-state index in [1.807, 2.05) is 25.1 Å². The first-order valence-corrected chi connectivity index (χ1v) is 7.71. The lowest BCUT2D eigenvalue weighted by atomic mass is 10.0. The summed E-state index contributed by atoms with van der Waals surface area (Å²) in [4.78, 5) is 24.9. The smallest absolute Gasteiger partial charge is 0.223 e. The van der Waals surface area contributed by atoms with E-state index < -0.39 is 0 Å². The average Bonchev–Trinajstić information content (AvgIpc) is 2.68. The van der Waals surface area contributed by atoms with Gasteiger partial charge in [0, 0.05) is 30.4 Å². The molecule has 6 heteroatoms. The Hall–Kier alpha value is -3.59. The van der Waals surface area contributed by atoms with Gasteiger partial charge in [-0.25, -0.2) is 9.97 Å². The van der Waals surface area contributed by atoms with E-state index >= 15 is 0 Å². The van der Waals surface area contributed by atoms with E-state index in [1.54, 1.807) is 36.7 Å². The summed E-state index contributed by atoms with van der Waals surface area (Å²) in [5, 5.41) is 12.1. The van der Waals surface area contributed by atoms with Crippen LogP contribution in [0.15, 0.2) is 61.2 Å². The first-order valence-electron chi connectivity index (χ1n) is 7.71. The van der Waals surface area contributed by atoms with Crippen LogP contribution in [0.1, 0.15) is 40.0 Å². The highest BCUT2D eigenvalue weighted by Gasteiger charge is 2.12. The third kappa shape index (κ3) is 3.85. The molecule has 0 saturated carbocycles. The van der Waals surface area contributed by atoms with Crippen molar-refractivity contribution >= 4 is 11.7 Å². The fourth-order valence-corrected chi connectivity index (χ4v) is 2.33. The molecule has 1 aromatic carbocycles. The van der Waals surface area contributed by atoms with Crippen LogP contribution in [0.5, 0.6) is 0 Å². The molecule has 6 nitrogen and oxygen atoms in total. The summed E-state index contributed by atoms with van der Waals surface area (Å²) in [6.45, 7) is 1.98. The Labute approximate surface area is 145 Å². The number of anilines is 1. The van der Waals surface area contributed by atoms with Gasteiger partial charge in [-0.15, -0.1) is 0 Å². The average molecular weight is 329 g/mol. The van der Waals surface area contributed by atoms with Crippen LogP contribution in [0.2, 0.25) is 0 Å². The van der Waals surface area contributed by atoms with Crippen LogP contribution in [0.4, 0.5) is 5.95 Å². The summed E-state index contributed by atoms with van der Waals surface area (Å²) in [6.07, 6.45) is 6.45. The monoisotopic (exact) mass is 329 g/mol. The zero-order valence-corrected chi connectivity index (χ0v) is 13.5. The number of nitrogens with one attached hydrogen (secondary N) is 1. The van der Waals surface area contributed by atoms with Gasteiger partial charge in [0.25, 0.3) is 0 Å². The van der Waals surface area contributed by atoms with Gasteiger partial charge in [0.15, 0.2) is 5.78 Å². The SMILES string of the molecule is CC(Nc1ncc(C(=O)c2cccc(C#N)c2)cn1)c1cccnc1. The molecule has 122 valence electrons. The number of carbonyl (C=O) groups excluding carboxylic acids is 1. The molecule has 0 aliphatic rings. The number of hydrogen-bond donors (Lipinski definition) is 1. The van der Waals surface area contributed by atoms with E-state index in [0.29, 0.717) is 22.6 Å². The van der Waals surface area contributed by atoms with Crippen molar-refractivity contribution in [3.63, 3.8) is 0 Å². The Kier molecular flexibility index (Phi) is 4.77.